The molecule has 3 amide bonds. The highest BCUT2D eigenvalue weighted by Gasteiger charge is 2.16. The first-order chi connectivity index (χ1) is 12.0. The summed E-state index contributed by atoms with van der Waals surface area (Å²) in [6.07, 6.45) is 5.16. The van der Waals surface area contributed by atoms with Gasteiger partial charge in [0.2, 0.25) is 5.91 Å². The third kappa shape index (κ3) is 6.38. The van der Waals surface area contributed by atoms with Gasteiger partial charge in [0.25, 0.3) is 0 Å². The number of likely N-dealkylation sites (tertiary alicyclic amines) is 1. The SMILES string of the molecule is CC(C)C[C@H](N)C(=O)Nc1ccc(NC(=O)N2CCCCCC2)cc1. The number of carbonyl (C=O) groups is 2. The van der Waals surface area contributed by atoms with Crippen molar-refractivity contribution in [3.8, 4) is 0 Å². The third-order valence-electron chi connectivity index (χ3n) is 4.36. The molecule has 1 aliphatic heterocycles. The number of hydrogen-bond donors (Lipinski definition) is 3. The summed E-state index contributed by atoms with van der Waals surface area (Å²) in [5.41, 5.74) is 7.28. The maximum absolute atomic E-state index is 12.3. The quantitative estimate of drug-likeness (QED) is 0.763. The van der Waals surface area contributed by atoms with Crippen molar-refractivity contribution >= 4 is 23.3 Å². The maximum Gasteiger partial charge on any atom is 0.321 e. The Balaban J connectivity index is 1.86. The molecule has 4 N–H and O–H groups in total. The normalized spacial score (nSPS) is 16.2. The van der Waals surface area contributed by atoms with E-state index in [1.807, 2.05) is 18.7 Å². The second-order valence-corrected chi connectivity index (χ2v) is 7.13. The van der Waals surface area contributed by atoms with Gasteiger partial charge in [-0.2, -0.15) is 0 Å². The van der Waals surface area contributed by atoms with Crippen LogP contribution in [0.5, 0.6) is 0 Å². The molecule has 1 heterocycles. The number of carbonyl (C=O) groups excluding carboxylic acids is 2. The summed E-state index contributed by atoms with van der Waals surface area (Å²) in [7, 11) is 0. The van der Waals surface area contributed by atoms with Crippen LogP contribution >= 0.6 is 0 Å². The number of hydrogen-bond acceptors (Lipinski definition) is 3. The van der Waals surface area contributed by atoms with Crippen molar-refractivity contribution in [2.45, 2.75) is 52.0 Å². The lowest BCUT2D eigenvalue weighted by molar-refractivity contribution is -0.117. The second-order valence-electron chi connectivity index (χ2n) is 7.13. The number of nitrogens with zero attached hydrogens (tertiary/aromatic N) is 1. The van der Waals surface area contributed by atoms with E-state index in [1.165, 1.54) is 12.8 Å². The Hall–Kier alpha value is -2.08. The molecule has 0 unspecified atom stereocenters. The minimum absolute atomic E-state index is 0.0577. The molecule has 25 heavy (non-hydrogen) atoms. The van der Waals surface area contributed by atoms with Crippen molar-refractivity contribution in [1.29, 1.82) is 0 Å². The minimum Gasteiger partial charge on any atom is -0.325 e. The van der Waals surface area contributed by atoms with Gasteiger partial charge in [-0.1, -0.05) is 26.7 Å². The van der Waals surface area contributed by atoms with Gasteiger partial charge < -0.3 is 21.3 Å². The molecule has 1 saturated heterocycles. The molecule has 2 rings (SSSR count). The van der Waals surface area contributed by atoms with Crippen molar-refractivity contribution in [2.75, 3.05) is 23.7 Å². The summed E-state index contributed by atoms with van der Waals surface area (Å²) < 4.78 is 0. The molecule has 0 bridgehead atoms. The Morgan fingerprint density at radius 1 is 1.00 bits per heavy atom. The number of nitrogens with one attached hydrogen (secondary N) is 2. The van der Waals surface area contributed by atoms with E-state index in [9.17, 15) is 9.59 Å². The topological polar surface area (TPSA) is 87.5 Å². The van der Waals surface area contributed by atoms with Gasteiger partial charge in [0.1, 0.15) is 0 Å². The van der Waals surface area contributed by atoms with Gasteiger partial charge in [0, 0.05) is 24.5 Å². The molecule has 138 valence electrons. The van der Waals surface area contributed by atoms with Crippen molar-refractivity contribution in [3.63, 3.8) is 0 Å². The molecule has 1 atom stereocenters. The molecule has 1 fully saturated rings. The number of urea groups is 1. The molecule has 1 aliphatic rings. The molecule has 6 nitrogen and oxygen atoms in total. The summed E-state index contributed by atoms with van der Waals surface area (Å²) in [4.78, 5) is 26.2. The van der Waals surface area contributed by atoms with Crippen LogP contribution in [0, 0.1) is 5.92 Å². The molecule has 0 saturated carbocycles. The number of amides is 3. The lowest BCUT2D eigenvalue weighted by Crippen LogP contribution is -2.36. The lowest BCUT2D eigenvalue weighted by atomic mass is 10.0. The largest absolute Gasteiger partial charge is 0.325 e. The summed E-state index contributed by atoms with van der Waals surface area (Å²) in [5.74, 6) is 0.187. The predicted octanol–water partition coefficient (Wildman–Crippen LogP) is 3.41. The van der Waals surface area contributed by atoms with Gasteiger partial charge in [0.15, 0.2) is 0 Å². The van der Waals surface area contributed by atoms with E-state index in [2.05, 4.69) is 10.6 Å². The van der Waals surface area contributed by atoms with Gasteiger partial charge in [-0.15, -0.1) is 0 Å². The number of nitrogens with two attached hydrogens (primary N) is 1. The van der Waals surface area contributed by atoms with Crippen LogP contribution in [0.4, 0.5) is 16.2 Å². The smallest absolute Gasteiger partial charge is 0.321 e. The Bertz CT molecular complexity index is 563. The molecule has 0 aliphatic carbocycles. The number of benzene rings is 1. The molecule has 1 aromatic rings. The standard InChI is InChI=1S/C19H30N4O2/c1-14(2)13-17(20)18(24)21-15-7-9-16(10-8-15)22-19(25)23-11-5-3-4-6-12-23/h7-10,14,17H,3-6,11-13,20H2,1-2H3,(H,21,24)(H,22,25)/t17-/m0/s1. The molecule has 6 heteroatoms. The maximum atomic E-state index is 12.3. The Morgan fingerprint density at radius 2 is 1.52 bits per heavy atom. The van der Waals surface area contributed by atoms with Crippen LogP contribution in [0.25, 0.3) is 0 Å². The molecule has 0 aromatic heterocycles. The van der Waals surface area contributed by atoms with Crippen molar-refractivity contribution in [1.82, 2.24) is 4.90 Å². The summed E-state index contributed by atoms with van der Waals surface area (Å²) in [6, 6.07) is 6.56. The second kappa shape index (κ2) is 9.42. The predicted molar refractivity (Wildman–Crippen MR) is 102 cm³/mol. The molecular formula is C19H30N4O2. The highest BCUT2D eigenvalue weighted by Crippen LogP contribution is 2.16. The first-order valence-corrected chi connectivity index (χ1v) is 9.18. The van der Waals surface area contributed by atoms with Gasteiger partial charge in [-0.25, -0.2) is 4.79 Å². The van der Waals surface area contributed by atoms with Crippen LogP contribution < -0.4 is 16.4 Å². The zero-order valence-electron chi connectivity index (χ0n) is 15.3. The summed E-state index contributed by atoms with van der Waals surface area (Å²) in [5, 5.41) is 5.73. The van der Waals surface area contributed by atoms with E-state index in [0.717, 1.165) is 31.6 Å². The van der Waals surface area contributed by atoms with Crippen molar-refractivity contribution in [3.05, 3.63) is 24.3 Å². The van der Waals surface area contributed by atoms with E-state index >= 15 is 0 Å². The Morgan fingerprint density at radius 3 is 2.04 bits per heavy atom. The Kier molecular flexibility index (Phi) is 7.25. The fourth-order valence-corrected chi connectivity index (χ4v) is 2.96. The van der Waals surface area contributed by atoms with E-state index in [0.29, 0.717) is 18.0 Å². The van der Waals surface area contributed by atoms with Crippen LogP contribution in [0.1, 0.15) is 46.0 Å². The van der Waals surface area contributed by atoms with Crippen molar-refractivity contribution in [2.24, 2.45) is 11.7 Å². The molecular weight excluding hydrogens is 316 g/mol. The van der Waals surface area contributed by atoms with Crippen LogP contribution in [0.15, 0.2) is 24.3 Å². The highest BCUT2D eigenvalue weighted by molar-refractivity contribution is 5.95. The van der Waals surface area contributed by atoms with Crippen LogP contribution in [-0.4, -0.2) is 36.0 Å². The Labute approximate surface area is 150 Å². The average molecular weight is 346 g/mol. The monoisotopic (exact) mass is 346 g/mol. The lowest BCUT2D eigenvalue weighted by Gasteiger charge is -2.21. The fraction of sp³-hybridized carbons (Fsp3) is 0.579. The molecule has 0 radical (unpaired) electrons. The van der Waals surface area contributed by atoms with Crippen molar-refractivity contribution < 1.29 is 9.59 Å². The molecule has 0 spiro atoms. The third-order valence-corrected chi connectivity index (χ3v) is 4.36. The highest BCUT2D eigenvalue weighted by atomic mass is 16.2. The van der Waals surface area contributed by atoms with Crippen LogP contribution in [0.2, 0.25) is 0 Å². The van der Waals surface area contributed by atoms with Crippen LogP contribution in [0.3, 0.4) is 0 Å². The number of anilines is 2. The van der Waals surface area contributed by atoms with Gasteiger partial charge in [-0.05, 0) is 49.4 Å². The van der Waals surface area contributed by atoms with E-state index in [-0.39, 0.29) is 11.9 Å². The van der Waals surface area contributed by atoms with Gasteiger partial charge >= 0.3 is 6.03 Å². The number of rotatable bonds is 5. The minimum atomic E-state index is -0.512. The summed E-state index contributed by atoms with van der Waals surface area (Å²) >= 11 is 0. The summed E-state index contributed by atoms with van der Waals surface area (Å²) in [6.45, 7) is 5.70. The first kappa shape index (κ1) is 19.2. The van der Waals surface area contributed by atoms with Crippen LogP contribution in [-0.2, 0) is 4.79 Å². The van der Waals surface area contributed by atoms with E-state index < -0.39 is 6.04 Å². The zero-order valence-corrected chi connectivity index (χ0v) is 15.3. The fourth-order valence-electron chi connectivity index (χ4n) is 2.96. The first-order valence-electron chi connectivity index (χ1n) is 9.18. The van der Waals surface area contributed by atoms with E-state index in [4.69, 9.17) is 5.73 Å². The molecule has 1 aromatic carbocycles. The van der Waals surface area contributed by atoms with E-state index in [1.54, 1.807) is 24.3 Å². The average Bonchev–Trinajstić information content (AvgIpc) is 2.85. The van der Waals surface area contributed by atoms with Gasteiger partial charge in [0.05, 0.1) is 6.04 Å². The zero-order chi connectivity index (χ0) is 18.2. The van der Waals surface area contributed by atoms with Gasteiger partial charge in [-0.3, -0.25) is 4.79 Å².